The number of rotatable bonds is 8. The van der Waals surface area contributed by atoms with Crippen LogP contribution >= 0.6 is 0 Å². The van der Waals surface area contributed by atoms with Crippen molar-refractivity contribution in [3.8, 4) is 11.5 Å². The number of aliphatic hydroxyl groups is 1. The Morgan fingerprint density at radius 2 is 1.52 bits per heavy atom. The molecule has 0 aromatic heterocycles. The van der Waals surface area contributed by atoms with Gasteiger partial charge in [-0.25, -0.2) is 0 Å². The van der Waals surface area contributed by atoms with Crippen LogP contribution < -0.4 is 4.74 Å². The summed E-state index contributed by atoms with van der Waals surface area (Å²) < 4.78 is 5.74. The minimum Gasteiger partial charge on any atom is -0.457 e. The molecule has 0 saturated heterocycles. The van der Waals surface area contributed by atoms with E-state index in [1.54, 1.807) is 0 Å². The maximum Gasteiger partial charge on any atom is 0.127 e. The zero-order valence-corrected chi connectivity index (χ0v) is 12.7. The molecule has 2 aromatic rings. The normalized spacial score (nSPS) is 12.1. The average Bonchev–Trinajstić information content (AvgIpc) is 2.53. The Balaban J connectivity index is 1.86. The van der Waals surface area contributed by atoms with E-state index in [1.165, 1.54) is 19.3 Å². The first-order valence-electron chi connectivity index (χ1n) is 7.80. The van der Waals surface area contributed by atoms with Gasteiger partial charge in [-0.3, -0.25) is 0 Å². The molecule has 21 heavy (non-hydrogen) atoms. The minimum absolute atomic E-state index is 0.368. The Morgan fingerprint density at radius 1 is 0.857 bits per heavy atom. The molecule has 1 atom stereocenters. The highest BCUT2D eigenvalue weighted by Crippen LogP contribution is 2.25. The van der Waals surface area contributed by atoms with Crippen molar-refractivity contribution in [2.75, 3.05) is 0 Å². The van der Waals surface area contributed by atoms with Crippen LogP contribution in [0.4, 0.5) is 0 Å². The van der Waals surface area contributed by atoms with Gasteiger partial charge >= 0.3 is 0 Å². The Labute approximate surface area is 127 Å². The number of hydrogen-bond acceptors (Lipinski definition) is 2. The topological polar surface area (TPSA) is 29.5 Å². The van der Waals surface area contributed by atoms with Crippen LogP contribution in [-0.2, 0) is 0 Å². The first-order valence-corrected chi connectivity index (χ1v) is 7.80. The first-order chi connectivity index (χ1) is 10.3. The van der Waals surface area contributed by atoms with Gasteiger partial charge in [0, 0.05) is 0 Å². The monoisotopic (exact) mass is 284 g/mol. The standard InChI is InChI=1S/C19H24O2/c1-2-3-4-8-11-19(20)16-12-14-18(15-13-16)21-17-9-6-5-7-10-17/h5-7,9-10,12-15,19-20H,2-4,8,11H2,1H3. The van der Waals surface area contributed by atoms with Crippen molar-refractivity contribution in [3.63, 3.8) is 0 Å². The van der Waals surface area contributed by atoms with Gasteiger partial charge in [0.05, 0.1) is 6.10 Å². The zero-order valence-electron chi connectivity index (χ0n) is 12.7. The SMILES string of the molecule is CCCCCCC(O)c1ccc(Oc2ccccc2)cc1. The van der Waals surface area contributed by atoms with Crippen molar-refractivity contribution >= 4 is 0 Å². The number of aliphatic hydroxyl groups excluding tert-OH is 1. The molecule has 0 amide bonds. The lowest BCUT2D eigenvalue weighted by Gasteiger charge is -2.12. The van der Waals surface area contributed by atoms with Gasteiger partial charge in [0.15, 0.2) is 0 Å². The number of para-hydroxylation sites is 1. The molecule has 1 N–H and O–H groups in total. The van der Waals surface area contributed by atoms with Crippen LogP contribution in [0.3, 0.4) is 0 Å². The maximum absolute atomic E-state index is 10.2. The van der Waals surface area contributed by atoms with E-state index in [0.717, 1.165) is 29.9 Å². The molecule has 0 fully saturated rings. The lowest BCUT2D eigenvalue weighted by atomic mass is 10.0. The molecule has 0 heterocycles. The molecular formula is C19H24O2. The molecule has 0 saturated carbocycles. The second-order valence-corrected chi connectivity index (χ2v) is 5.35. The molecule has 2 nitrogen and oxygen atoms in total. The summed E-state index contributed by atoms with van der Waals surface area (Å²) in [7, 11) is 0. The quantitative estimate of drug-likeness (QED) is 0.650. The maximum atomic E-state index is 10.2. The third kappa shape index (κ3) is 5.24. The summed E-state index contributed by atoms with van der Waals surface area (Å²) >= 11 is 0. The third-order valence-electron chi connectivity index (χ3n) is 3.57. The van der Waals surface area contributed by atoms with E-state index in [4.69, 9.17) is 4.74 Å². The Hall–Kier alpha value is -1.80. The van der Waals surface area contributed by atoms with Gasteiger partial charge in [-0.15, -0.1) is 0 Å². The summed E-state index contributed by atoms with van der Waals surface area (Å²) in [5.41, 5.74) is 0.965. The highest BCUT2D eigenvalue weighted by Gasteiger charge is 2.07. The van der Waals surface area contributed by atoms with E-state index in [2.05, 4.69) is 6.92 Å². The summed E-state index contributed by atoms with van der Waals surface area (Å²) in [6, 6.07) is 17.4. The fraction of sp³-hybridized carbons (Fsp3) is 0.368. The molecule has 0 radical (unpaired) electrons. The van der Waals surface area contributed by atoms with Crippen molar-refractivity contribution in [2.45, 2.75) is 45.1 Å². The van der Waals surface area contributed by atoms with E-state index in [0.29, 0.717) is 0 Å². The summed E-state index contributed by atoms with van der Waals surface area (Å²) in [5, 5.41) is 10.2. The van der Waals surface area contributed by atoms with Crippen molar-refractivity contribution < 1.29 is 9.84 Å². The van der Waals surface area contributed by atoms with Gasteiger partial charge in [-0.05, 0) is 36.2 Å². The van der Waals surface area contributed by atoms with Crippen LogP contribution in [0.1, 0.15) is 50.7 Å². The average molecular weight is 284 g/mol. The molecule has 2 rings (SSSR count). The van der Waals surface area contributed by atoms with E-state index in [9.17, 15) is 5.11 Å². The van der Waals surface area contributed by atoms with Crippen LogP contribution in [0.25, 0.3) is 0 Å². The first kappa shape index (κ1) is 15.6. The van der Waals surface area contributed by atoms with Gasteiger partial charge < -0.3 is 9.84 Å². The van der Waals surface area contributed by atoms with Crippen molar-refractivity contribution in [3.05, 3.63) is 60.2 Å². The second kappa shape index (κ2) is 8.48. The fourth-order valence-electron chi connectivity index (χ4n) is 2.31. The summed E-state index contributed by atoms with van der Waals surface area (Å²) in [4.78, 5) is 0. The third-order valence-corrected chi connectivity index (χ3v) is 3.57. The fourth-order valence-corrected chi connectivity index (χ4v) is 2.31. The van der Waals surface area contributed by atoms with Crippen molar-refractivity contribution in [1.29, 1.82) is 0 Å². The smallest absolute Gasteiger partial charge is 0.127 e. The summed E-state index contributed by atoms with van der Waals surface area (Å²) in [6.07, 6.45) is 5.21. The highest BCUT2D eigenvalue weighted by atomic mass is 16.5. The van der Waals surface area contributed by atoms with Crippen LogP contribution in [-0.4, -0.2) is 5.11 Å². The van der Waals surface area contributed by atoms with Crippen LogP contribution in [0, 0.1) is 0 Å². The number of hydrogen-bond donors (Lipinski definition) is 1. The van der Waals surface area contributed by atoms with Gasteiger partial charge in [0.2, 0.25) is 0 Å². The summed E-state index contributed by atoms with van der Waals surface area (Å²) in [5.74, 6) is 1.62. The lowest BCUT2D eigenvalue weighted by molar-refractivity contribution is 0.163. The van der Waals surface area contributed by atoms with E-state index >= 15 is 0 Å². The summed E-state index contributed by atoms with van der Waals surface area (Å²) in [6.45, 7) is 2.20. The van der Waals surface area contributed by atoms with Gasteiger partial charge in [-0.2, -0.15) is 0 Å². The predicted molar refractivity (Wildman–Crippen MR) is 86.7 cm³/mol. The largest absolute Gasteiger partial charge is 0.457 e. The highest BCUT2D eigenvalue weighted by molar-refractivity contribution is 5.33. The zero-order chi connectivity index (χ0) is 14.9. The number of unbranched alkanes of at least 4 members (excludes halogenated alkanes) is 3. The number of ether oxygens (including phenoxy) is 1. The van der Waals surface area contributed by atoms with E-state index < -0.39 is 0 Å². The molecule has 0 aliphatic rings. The van der Waals surface area contributed by atoms with Gasteiger partial charge in [0.25, 0.3) is 0 Å². The van der Waals surface area contributed by atoms with Crippen molar-refractivity contribution in [2.24, 2.45) is 0 Å². The Morgan fingerprint density at radius 3 is 2.19 bits per heavy atom. The Kier molecular flexibility index (Phi) is 6.29. The van der Waals surface area contributed by atoms with Crippen molar-refractivity contribution in [1.82, 2.24) is 0 Å². The molecular weight excluding hydrogens is 260 g/mol. The molecule has 0 aliphatic heterocycles. The van der Waals surface area contributed by atoms with Crippen LogP contribution in [0.15, 0.2) is 54.6 Å². The molecule has 1 unspecified atom stereocenters. The molecule has 2 heteroatoms. The van der Waals surface area contributed by atoms with E-state index in [1.807, 2.05) is 54.6 Å². The van der Waals surface area contributed by atoms with Gasteiger partial charge in [0.1, 0.15) is 11.5 Å². The van der Waals surface area contributed by atoms with Gasteiger partial charge in [-0.1, -0.05) is 62.9 Å². The van der Waals surface area contributed by atoms with E-state index in [-0.39, 0.29) is 6.10 Å². The number of benzene rings is 2. The molecule has 0 spiro atoms. The Bertz CT molecular complexity index is 505. The molecule has 112 valence electrons. The predicted octanol–water partition coefficient (Wildman–Crippen LogP) is 5.48. The second-order valence-electron chi connectivity index (χ2n) is 5.35. The van der Waals surface area contributed by atoms with Crippen LogP contribution in [0.2, 0.25) is 0 Å². The molecule has 0 aliphatic carbocycles. The molecule has 2 aromatic carbocycles. The van der Waals surface area contributed by atoms with Crippen LogP contribution in [0.5, 0.6) is 11.5 Å². The minimum atomic E-state index is -0.368. The lowest BCUT2D eigenvalue weighted by Crippen LogP contribution is -1.97. The molecule has 0 bridgehead atoms.